The van der Waals surface area contributed by atoms with Gasteiger partial charge in [0.2, 0.25) is 0 Å². The van der Waals surface area contributed by atoms with E-state index in [4.69, 9.17) is 4.74 Å². The number of Topliss-reactive ketones (excluding diaryl/α,β-unsaturated/α-hetero) is 1. The lowest BCUT2D eigenvalue weighted by molar-refractivity contribution is -0.150. The van der Waals surface area contributed by atoms with E-state index in [1.165, 1.54) is 31.0 Å². The Hall–Kier alpha value is -2.11. The van der Waals surface area contributed by atoms with Crippen molar-refractivity contribution in [3.8, 4) is 0 Å². The van der Waals surface area contributed by atoms with Gasteiger partial charge >= 0.3 is 0 Å². The number of allylic oxidation sites excluding steroid dienone is 3. The molecule has 4 N–H and O–H groups in total. The van der Waals surface area contributed by atoms with Gasteiger partial charge in [0.25, 0.3) is 5.91 Å². The highest BCUT2D eigenvalue weighted by molar-refractivity contribution is 7.99. The minimum Gasteiger partial charge on any atom is -0.387 e. The van der Waals surface area contributed by atoms with Crippen LogP contribution in [-0.2, 0) is 20.7 Å². The molecule has 1 unspecified atom stereocenters. The molecular weight excluding hydrogens is 504 g/mol. The van der Waals surface area contributed by atoms with Crippen molar-refractivity contribution in [2.75, 3.05) is 18.6 Å². The van der Waals surface area contributed by atoms with Gasteiger partial charge in [-0.15, -0.1) is 0 Å². The second-order valence-corrected chi connectivity index (χ2v) is 11.3. The summed E-state index contributed by atoms with van der Waals surface area (Å²) in [4.78, 5) is 25.8. The van der Waals surface area contributed by atoms with Gasteiger partial charge in [-0.1, -0.05) is 50.6 Å². The number of carbonyl (C=O) groups is 2. The third-order valence-electron chi connectivity index (χ3n) is 5.88. The Kier molecular flexibility index (Phi) is 11.9. The van der Waals surface area contributed by atoms with E-state index >= 15 is 0 Å². The molecule has 1 amide bonds. The molecule has 1 fully saturated rings. The van der Waals surface area contributed by atoms with Gasteiger partial charge in [0.1, 0.15) is 18.3 Å². The van der Waals surface area contributed by atoms with Gasteiger partial charge in [-0.2, -0.15) is 11.8 Å². The Morgan fingerprint density at radius 1 is 1.22 bits per heavy atom. The monoisotopic (exact) mass is 541 g/mol. The summed E-state index contributed by atoms with van der Waals surface area (Å²) in [7, 11) is 1.19. The highest BCUT2D eigenvalue weighted by Gasteiger charge is 2.37. The number of methoxy groups -OCH3 is 1. The number of amides is 1. The Morgan fingerprint density at radius 3 is 2.54 bits per heavy atom. The maximum atomic E-state index is 13.5. The van der Waals surface area contributed by atoms with Crippen molar-refractivity contribution in [2.24, 2.45) is 5.41 Å². The summed E-state index contributed by atoms with van der Waals surface area (Å²) in [5, 5.41) is 33.7. The summed E-state index contributed by atoms with van der Waals surface area (Å²) in [6.45, 7) is 5.70. The van der Waals surface area contributed by atoms with Crippen molar-refractivity contribution in [1.29, 1.82) is 0 Å². The van der Waals surface area contributed by atoms with Gasteiger partial charge in [0.05, 0.1) is 6.04 Å². The Labute approximate surface area is 221 Å². The van der Waals surface area contributed by atoms with Crippen LogP contribution < -0.4 is 5.32 Å². The molecule has 2 rings (SSSR count). The molecule has 1 aromatic carbocycles. The number of aliphatic hydroxyl groups is 3. The van der Waals surface area contributed by atoms with Crippen LogP contribution >= 0.6 is 11.8 Å². The molecule has 0 radical (unpaired) electrons. The van der Waals surface area contributed by atoms with Crippen molar-refractivity contribution < 1.29 is 38.4 Å². The van der Waals surface area contributed by atoms with Crippen molar-refractivity contribution in [3.05, 3.63) is 59.2 Å². The number of rotatable bonds is 9. The molecule has 1 aliphatic heterocycles. The highest BCUT2D eigenvalue weighted by Crippen LogP contribution is 2.22. The van der Waals surface area contributed by atoms with E-state index in [0.29, 0.717) is 29.9 Å². The second kappa shape index (κ2) is 14.2. The molecule has 5 atom stereocenters. The highest BCUT2D eigenvalue weighted by atomic mass is 32.2. The zero-order valence-electron chi connectivity index (χ0n) is 21.6. The number of thioether (sulfide) groups is 1. The fourth-order valence-corrected chi connectivity index (χ4v) is 4.77. The summed E-state index contributed by atoms with van der Waals surface area (Å²) < 4.78 is 31.7. The van der Waals surface area contributed by atoms with E-state index in [1.54, 1.807) is 6.08 Å². The van der Waals surface area contributed by atoms with E-state index in [1.807, 2.05) is 26.8 Å². The van der Waals surface area contributed by atoms with E-state index in [9.17, 15) is 33.7 Å². The molecule has 0 spiro atoms. The number of benzene rings is 1. The van der Waals surface area contributed by atoms with Crippen molar-refractivity contribution >= 4 is 23.5 Å². The largest absolute Gasteiger partial charge is 0.387 e. The fourth-order valence-electron chi connectivity index (χ4n) is 3.70. The molecule has 1 aliphatic rings. The average molecular weight is 542 g/mol. The minimum absolute atomic E-state index is 0.0777. The quantitative estimate of drug-likeness (QED) is 0.355. The molecular formula is C27H37F2NO6S. The van der Waals surface area contributed by atoms with Crippen LogP contribution in [0.3, 0.4) is 0 Å². The van der Waals surface area contributed by atoms with Gasteiger partial charge in [0, 0.05) is 19.3 Å². The Bertz CT molecular complexity index is 994. The number of halogens is 2. The first-order chi connectivity index (χ1) is 17.3. The summed E-state index contributed by atoms with van der Waals surface area (Å²) in [6, 6.07) is 2.82. The molecule has 0 saturated carbocycles. The van der Waals surface area contributed by atoms with E-state index in [0.717, 1.165) is 17.7 Å². The molecule has 206 valence electrons. The molecule has 10 heteroatoms. The first-order valence-electron chi connectivity index (χ1n) is 12.1. The molecule has 0 aromatic heterocycles. The zero-order chi connectivity index (χ0) is 27.8. The SMILES string of the molecule is CO[C@@H](C(=O)NC1CSCC/C(=C\Cc2ccc(F)c(F)c2)CC1=O)[C@H](O)[C@@H](O)[C@H](O)/C=C/C(C)(C)C. The predicted octanol–water partition coefficient (Wildman–Crippen LogP) is 2.71. The number of hydrogen-bond acceptors (Lipinski definition) is 7. The Balaban J connectivity index is 2.03. The van der Waals surface area contributed by atoms with Crippen LogP contribution in [0.4, 0.5) is 8.78 Å². The Morgan fingerprint density at radius 2 is 1.92 bits per heavy atom. The number of ether oxygens (including phenoxy) is 1. The van der Waals surface area contributed by atoms with Gasteiger partial charge in [0.15, 0.2) is 23.5 Å². The molecule has 1 aromatic rings. The van der Waals surface area contributed by atoms with Crippen LogP contribution in [0.1, 0.15) is 39.2 Å². The number of hydrogen-bond donors (Lipinski definition) is 4. The van der Waals surface area contributed by atoms with Crippen LogP contribution in [0.15, 0.2) is 42.0 Å². The molecule has 1 saturated heterocycles. The third kappa shape index (κ3) is 9.94. The first-order valence-corrected chi connectivity index (χ1v) is 13.3. The van der Waals surface area contributed by atoms with Crippen LogP contribution in [0.2, 0.25) is 0 Å². The summed E-state index contributed by atoms with van der Waals surface area (Å²) in [6.07, 6.45) is -0.474. The van der Waals surface area contributed by atoms with Gasteiger partial charge < -0.3 is 25.4 Å². The van der Waals surface area contributed by atoms with Gasteiger partial charge in [-0.05, 0) is 41.7 Å². The summed E-state index contributed by atoms with van der Waals surface area (Å²) >= 11 is 1.47. The molecule has 1 heterocycles. The maximum Gasteiger partial charge on any atom is 0.252 e. The van der Waals surface area contributed by atoms with Crippen molar-refractivity contribution in [2.45, 2.75) is 70.5 Å². The van der Waals surface area contributed by atoms with Crippen LogP contribution in [0, 0.1) is 17.0 Å². The van der Waals surface area contributed by atoms with Gasteiger partial charge in [-0.3, -0.25) is 9.59 Å². The normalized spacial score (nSPS) is 21.8. The number of aliphatic hydroxyl groups excluding tert-OH is 3. The standard InChI is InChI=1S/C27H37F2NO6S/c1-27(2,3)11-9-21(31)23(33)24(34)25(36-4)26(35)30-20-15-37-12-10-17(14-22(20)32)6-5-16-7-8-18(28)19(29)13-16/h6-9,11,13,20-21,23-25,31,33-34H,5,10,12,14-15H2,1-4H3,(H,30,35)/b11-9+,17-6+/t20?,21-,23+,24-,25-/m1/s1. The van der Waals surface area contributed by atoms with Crippen molar-refractivity contribution in [1.82, 2.24) is 5.32 Å². The fraction of sp³-hybridized carbons (Fsp3) is 0.556. The van der Waals surface area contributed by atoms with Crippen LogP contribution in [0.25, 0.3) is 0 Å². The number of nitrogens with one attached hydrogen (secondary N) is 1. The zero-order valence-corrected chi connectivity index (χ0v) is 22.4. The topological polar surface area (TPSA) is 116 Å². The first kappa shape index (κ1) is 31.1. The minimum atomic E-state index is -1.74. The van der Waals surface area contributed by atoms with E-state index in [-0.39, 0.29) is 17.6 Å². The summed E-state index contributed by atoms with van der Waals surface area (Å²) in [5.74, 6) is -1.85. The smallest absolute Gasteiger partial charge is 0.252 e. The average Bonchev–Trinajstić information content (AvgIpc) is 2.82. The number of ketones is 1. The van der Waals surface area contributed by atoms with E-state index in [2.05, 4.69) is 5.32 Å². The molecule has 0 aliphatic carbocycles. The maximum absolute atomic E-state index is 13.5. The lowest BCUT2D eigenvalue weighted by atomic mass is 9.94. The summed E-state index contributed by atoms with van der Waals surface area (Å²) in [5.41, 5.74) is 1.14. The third-order valence-corrected chi connectivity index (χ3v) is 6.95. The molecule has 37 heavy (non-hydrogen) atoms. The lowest BCUT2D eigenvalue weighted by Crippen LogP contribution is -2.55. The second-order valence-electron chi connectivity index (χ2n) is 10.2. The van der Waals surface area contributed by atoms with Crippen molar-refractivity contribution in [3.63, 3.8) is 0 Å². The predicted molar refractivity (Wildman–Crippen MR) is 139 cm³/mol. The van der Waals surface area contributed by atoms with Crippen LogP contribution in [0.5, 0.6) is 0 Å². The molecule has 7 nitrogen and oxygen atoms in total. The molecule has 0 bridgehead atoms. The lowest BCUT2D eigenvalue weighted by Gasteiger charge is -2.29. The van der Waals surface area contributed by atoms with Gasteiger partial charge in [-0.25, -0.2) is 8.78 Å². The van der Waals surface area contributed by atoms with E-state index < -0.39 is 48.0 Å². The number of carbonyl (C=O) groups excluding carboxylic acids is 2. The van der Waals surface area contributed by atoms with Crippen LogP contribution in [-0.4, -0.2) is 76.1 Å².